The average molecular weight is 302 g/mol. The average Bonchev–Trinajstić information content (AvgIpc) is 2.87. The largest absolute Gasteiger partial charge is 0.494 e. The van der Waals surface area contributed by atoms with Gasteiger partial charge in [-0.05, 0) is 30.7 Å². The maximum absolute atomic E-state index is 6.06. The van der Waals surface area contributed by atoms with E-state index in [0.29, 0.717) is 12.4 Å². The maximum atomic E-state index is 6.06. The molecule has 3 aromatic rings. The molecule has 0 saturated heterocycles. The number of ether oxygens (including phenoxy) is 1. The first-order valence-electron chi connectivity index (χ1n) is 6.73. The number of nitrogens with zero attached hydrogens (tertiary/aromatic N) is 3. The van der Waals surface area contributed by atoms with E-state index in [1.807, 2.05) is 30.5 Å². The van der Waals surface area contributed by atoms with Crippen molar-refractivity contribution in [2.24, 2.45) is 0 Å². The lowest BCUT2D eigenvalue weighted by atomic mass is 10.2. The third-order valence-electron chi connectivity index (χ3n) is 3.59. The van der Waals surface area contributed by atoms with Gasteiger partial charge in [-0.25, -0.2) is 4.98 Å². The standard InChI is InChI=1S/C16H16ClN3O/c1-11-5-4-8-18-12(11)10-20-13-6-3-7-14(21-2)16(13)19-15(20)9-17/h3-8H,9-10H2,1-2H3. The van der Waals surface area contributed by atoms with E-state index in [4.69, 9.17) is 16.3 Å². The minimum absolute atomic E-state index is 0.351. The van der Waals surface area contributed by atoms with E-state index >= 15 is 0 Å². The van der Waals surface area contributed by atoms with Crippen LogP contribution in [-0.4, -0.2) is 21.6 Å². The number of alkyl halides is 1. The molecule has 0 aliphatic carbocycles. The Kier molecular flexibility index (Phi) is 3.80. The molecular formula is C16H16ClN3O. The molecule has 108 valence electrons. The molecular weight excluding hydrogens is 286 g/mol. The van der Waals surface area contributed by atoms with Crippen LogP contribution in [0.1, 0.15) is 17.1 Å². The molecule has 0 N–H and O–H groups in total. The van der Waals surface area contributed by atoms with Gasteiger partial charge in [0.2, 0.25) is 0 Å². The summed E-state index contributed by atoms with van der Waals surface area (Å²) in [7, 11) is 1.65. The van der Waals surface area contributed by atoms with E-state index in [-0.39, 0.29) is 0 Å². The zero-order chi connectivity index (χ0) is 14.8. The molecule has 0 amide bonds. The molecule has 21 heavy (non-hydrogen) atoms. The number of pyridine rings is 1. The third kappa shape index (κ3) is 2.47. The van der Waals surface area contributed by atoms with E-state index < -0.39 is 0 Å². The van der Waals surface area contributed by atoms with E-state index in [1.165, 1.54) is 0 Å². The number of methoxy groups -OCH3 is 1. The Morgan fingerprint density at radius 2 is 2.10 bits per heavy atom. The van der Waals surface area contributed by atoms with E-state index in [1.54, 1.807) is 7.11 Å². The second-order valence-corrected chi connectivity index (χ2v) is 5.11. The Balaban J connectivity index is 2.15. The molecule has 1 aromatic carbocycles. The molecule has 0 spiro atoms. The van der Waals surface area contributed by atoms with Crippen LogP contribution in [0.3, 0.4) is 0 Å². The van der Waals surface area contributed by atoms with Crippen molar-refractivity contribution in [3.8, 4) is 5.75 Å². The van der Waals surface area contributed by atoms with Gasteiger partial charge in [0, 0.05) is 6.20 Å². The molecule has 5 heteroatoms. The summed E-state index contributed by atoms with van der Waals surface area (Å²) in [5.41, 5.74) is 4.02. The summed E-state index contributed by atoms with van der Waals surface area (Å²) in [6.07, 6.45) is 1.81. The Labute approximate surface area is 128 Å². The highest BCUT2D eigenvalue weighted by molar-refractivity contribution is 6.16. The molecule has 0 aliphatic rings. The van der Waals surface area contributed by atoms with Crippen molar-refractivity contribution in [3.05, 3.63) is 53.6 Å². The Morgan fingerprint density at radius 1 is 1.24 bits per heavy atom. The fourth-order valence-electron chi connectivity index (χ4n) is 2.45. The lowest BCUT2D eigenvalue weighted by molar-refractivity contribution is 0.419. The number of para-hydroxylation sites is 1. The van der Waals surface area contributed by atoms with E-state index in [9.17, 15) is 0 Å². The molecule has 0 aliphatic heterocycles. The van der Waals surface area contributed by atoms with Gasteiger partial charge in [-0.3, -0.25) is 4.98 Å². The smallest absolute Gasteiger partial charge is 0.146 e. The van der Waals surface area contributed by atoms with Crippen molar-refractivity contribution < 1.29 is 4.74 Å². The summed E-state index contributed by atoms with van der Waals surface area (Å²) in [4.78, 5) is 9.06. The highest BCUT2D eigenvalue weighted by Gasteiger charge is 2.14. The van der Waals surface area contributed by atoms with Crippen LogP contribution in [0.5, 0.6) is 5.75 Å². The van der Waals surface area contributed by atoms with Gasteiger partial charge in [-0.15, -0.1) is 11.6 Å². The summed E-state index contributed by atoms with van der Waals surface area (Å²) in [5.74, 6) is 1.93. The quantitative estimate of drug-likeness (QED) is 0.692. The summed E-state index contributed by atoms with van der Waals surface area (Å²) in [6.45, 7) is 2.71. The molecule has 4 nitrogen and oxygen atoms in total. The predicted molar refractivity (Wildman–Crippen MR) is 83.9 cm³/mol. The third-order valence-corrected chi connectivity index (χ3v) is 3.83. The highest BCUT2D eigenvalue weighted by atomic mass is 35.5. The first kappa shape index (κ1) is 13.9. The number of hydrogen-bond donors (Lipinski definition) is 0. The highest BCUT2D eigenvalue weighted by Crippen LogP contribution is 2.27. The van der Waals surface area contributed by atoms with Crippen LogP contribution in [0.15, 0.2) is 36.5 Å². The number of aromatic nitrogens is 3. The van der Waals surface area contributed by atoms with Gasteiger partial charge in [0.15, 0.2) is 0 Å². The van der Waals surface area contributed by atoms with Crippen LogP contribution in [0.2, 0.25) is 0 Å². The van der Waals surface area contributed by atoms with Crippen LogP contribution >= 0.6 is 11.6 Å². The number of rotatable bonds is 4. The Morgan fingerprint density at radius 3 is 2.81 bits per heavy atom. The number of halogens is 1. The minimum atomic E-state index is 0.351. The van der Waals surface area contributed by atoms with Gasteiger partial charge < -0.3 is 9.30 Å². The summed E-state index contributed by atoms with van der Waals surface area (Å²) >= 11 is 6.06. The molecule has 0 saturated carbocycles. The van der Waals surface area contributed by atoms with E-state index in [2.05, 4.69) is 27.5 Å². The summed E-state index contributed by atoms with van der Waals surface area (Å²) < 4.78 is 7.48. The first-order valence-corrected chi connectivity index (χ1v) is 7.26. The van der Waals surface area contributed by atoms with Gasteiger partial charge in [0.25, 0.3) is 0 Å². The number of benzene rings is 1. The fourth-order valence-corrected chi connectivity index (χ4v) is 2.65. The van der Waals surface area contributed by atoms with Crippen LogP contribution in [0.25, 0.3) is 11.0 Å². The van der Waals surface area contributed by atoms with Gasteiger partial charge >= 0.3 is 0 Å². The minimum Gasteiger partial charge on any atom is -0.494 e. The molecule has 0 unspecified atom stereocenters. The van der Waals surface area contributed by atoms with E-state index in [0.717, 1.165) is 33.9 Å². The molecule has 2 heterocycles. The molecule has 2 aromatic heterocycles. The SMILES string of the molecule is COc1cccc2c1nc(CCl)n2Cc1ncccc1C. The number of imidazole rings is 1. The topological polar surface area (TPSA) is 39.9 Å². The van der Waals surface area contributed by atoms with Crippen LogP contribution in [0, 0.1) is 6.92 Å². The maximum Gasteiger partial charge on any atom is 0.146 e. The monoisotopic (exact) mass is 301 g/mol. The van der Waals surface area contributed by atoms with Crippen LogP contribution in [0.4, 0.5) is 0 Å². The van der Waals surface area contributed by atoms with Crippen molar-refractivity contribution in [3.63, 3.8) is 0 Å². The van der Waals surface area contributed by atoms with Crippen molar-refractivity contribution >= 4 is 22.6 Å². The molecule has 3 rings (SSSR count). The molecule has 0 fully saturated rings. The molecule has 0 radical (unpaired) electrons. The van der Waals surface area contributed by atoms with Crippen LogP contribution in [-0.2, 0) is 12.4 Å². The normalized spacial score (nSPS) is 11.0. The predicted octanol–water partition coefficient (Wildman–Crippen LogP) is 3.54. The second kappa shape index (κ2) is 5.74. The molecule has 0 atom stereocenters. The van der Waals surface area contributed by atoms with Gasteiger partial charge in [0.05, 0.1) is 30.7 Å². The van der Waals surface area contributed by atoms with Crippen molar-refractivity contribution in [1.29, 1.82) is 0 Å². The zero-order valence-electron chi connectivity index (χ0n) is 12.0. The van der Waals surface area contributed by atoms with Crippen LogP contribution < -0.4 is 4.74 Å². The van der Waals surface area contributed by atoms with Gasteiger partial charge in [-0.2, -0.15) is 0 Å². The second-order valence-electron chi connectivity index (χ2n) is 4.84. The number of fused-ring (bicyclic) bond motifs is 1. The van der Waals surface area contributed by atoms with Crippen molar-refractivity contribution in [1.82, 2.24) is 14.5 Å². The first-order chi connectivity index (χ1) is 10.2. The van der Waals surface area contributed by atoms with Crippen molar-refractivity contribution in [2.75, 3.05) is 7.11 Å². The zero-order valence-corrected chi connectivity index (χ0v) is 12.8. The lowest BCUT2D eigenvalue weighted by Crippen LogP contribution is -2.06. The lowest BCUT2D eigenvalue weighted by Gasteiger charge is -2.09. The van der Waals surface area contributed by atoms with Crippen molar-refractivity contribution in [2.45, 2.75) is 19.3 Å². The number of aryl methyl sites for hydroxylation is 1. The number of hydrogen-bond acceptors (Lipinski definition) is 3. The Hall–Kier alpha value is -2.07. The summed E-state index contributed by atoms with van der Waals surface area (Å²) in [5, 5.41) is 0. The van der Waals surface area contributed by atoms with Gasteiger partial charge in [0.1, 0.15) is 17.1 Å². The Bertz CT molecular complexity index is 782. The van der Waals surface area contributed by atoms with Gasteiger partial charge in [-0.1, -0.05) is 12.1 Å². The molecule has 0 bridgehead atoms. The fraction of sp³-hybridized carbons (Fsp3) is 0.250. The summed E-state index contributed by atoms with van der Waals surface area (Å²) in [6, 6.07) is 9.89.